The van der Waals surface area contributed by atoms with Crippen molar-refractivity contribution in [2.45, 2.75) is 0 Å². The summed E-state index contributed by atoms with van der Waals surface area (Å²) in [6, 6.07) is 5.02. The van der Waals surface area contributed by atoms with Crippen LogP contribution in [0, 0.1) is 0 Å². The number of hydrogen-bond donors (Lipinski definition) is 1. The second-order valence-corrected chi connectivity index (χ2v) is 3.78. The SMILES string of the molecule is COCCOC(=O)c1ccc(Br)cc1N. The lowest BCUT2D eigenvalue weighted by molar-refractivity contribution is 0.0389. The molecule has 0 aliphatic heterocycles. The molecule has 0 saturated heterocycles. The largest absolute Gasteiger partial charge is 0.460 e. The van der Waals surface area contributed by atoms with Gasteiger partial charge in [-0.3, -0.25) is 0 Å². The van der Waals surface area contributed by atoms with E-state index in [4.69, 9.17) is 15.2 Å². The molecule has 0 unspecified atom stereocenters. The molecule has 2 N–H and O–H groups in total. The number of halogens is 1. The van der Waals surface area contributed by atoms with E-state index in [-0.39, 0.29) is 6.61 Å². The molecule has 0 spiro atoms. The van der Waals surface area contributed by atoms with Crippen molar-refractivity contribution in [3.8, 4) is 0 Å². The van der Waals surface area contributed by atoms with Gasteiger partial charge >= 0.3 is 5.97 Å². The molecule has 0 heterocycles. The third-order valence-electron chi connectivity index (χ3n) is 1.75. The van der Waals surface area contributed by atoms with Gasteiger partial charge in [-0.05, 0) is 18.2 Å². The maximum atomic E-state index is 11.5. The van der Waals surface area contributed by atoms with Crippen LogP contribution >= 0.6 is 15.9 Å². The van der Waals surface area contributed by atoms with Gasteiger partial charge < -0.3 is 15.2 Å². The molecule has 0 radical (unpaired) electrons. The number of methoxy groups -OCH3 is 1. The van der Waals surface area contributed by atoms with Gasteiger partial charge in [0.2, 0.25) is 0 Å². The van der Waals surface area contributed by atoms with Crippen molar-refractivity contribution < 1.29 is 14.3 Å². The van der Waals surface area contributed by atoms with Gasteiger partial charge in [0.05, 0.1) is 12.2 Å². The zero-order valence-corrected chi connectivity index (χ0v) is 9.91. The molecular weight excluding hydrogens is 262 g/mol. The van der Waals surface area contributed by atoms with E-state index >= 15 is 0 Å². The van der Waals surface area contributed by atoms with E-state index in [0.717, 1.165) is 4.47 Å². The number of carbonyl (C=O) groups excluding carboxylic acids is 1. The summed E-state index contributed by atoms with van der Waals surface area (Å²) in [6.45, 7) is 0.604. The van der Waals surface area contributed by atoms with E-state index in [1.165, 1.54) is 0 Å². The highest BCUT2D eigenvalue weighted by molar-refractivity contribution is 9.10. The molecule has 4 nitrogen and oxygen atoms in total. The summed E-state index contributed by atoms with van der Waals surface area (Å²) >= 11 is 3.26. The third kappa shape index (κ3) is 3.53. The molecule has 0 bridgehead atoms. The van der Waals surface area contributed by atoms with Gasteiger partial charge in [0.25, 0.3) is 0 Å². The lowest BCUT2D eigenvalue weighted by Gasteiger charge is -2.06. The van der Waals surface area contributed by atoms with Crippen molar-refractivity contribution in [1.82, 2.24) is 0 Å². The minimum absolute atomic E-state index is 0.227. The van der Waals surface area contributed by atoms with Gasteiger partial charge in [0.1, 0.15) is 6.61 Å². The average molecular weight is 274 g/mol. The fraction of sp³-hybridized carbons (Fsp3) is 0.300. The first-order valence-electron chi connectivity index (χ1n) is 4.36. The summed E-state index contributed by atoms with van der Waals surface area (Å²) in [5.41, 5.74) is 6.43. The first-order valence-corrected chi connectivity index (χ1v) is 5.15. The number of nitrogen functional groups attached to an aromatic ring is 1. The molecule has 0 aliphatic rings. The standard InChI is InChI=1S/C10H12BrNO3/c1-14-4-5-15-10(13)8-3-2-7(11)6-9(8)12/h2-3,6H,4-5,12H2,1H3. The highest BCUT2D eigenvalue weighted by Gasteiger charge is 2.10. The molecule has 0 atom stereocenters. The zero-order chi connectivity index (χ0) is 11.3. The number of ether oxygens (including phenoxy) is 2. The first kappa shape index (κ1) is 12.0. The van der Waals surface area contributed by atoms with Gasteiger partial charge in [-0.1, -0.05) is 15.9 Å². The predicted octanol–water partition coefficient (Wildman–Crippen LogP) is 1.83. The predicted molar refractivity (Wildman–Crippen MR) is 60.7 cm³/mol. The Bertz CT molecular complexity index is 355. The maximum absolute atomic E-state index is 11.5. The number of esters is 1. The maximum Gasteiger partial charge on any atom is 0.340 e. The highest BCUT2D eigenvalue weighted by atomic mass is 79.9. The summed E-state index contributed by atoms with van der Waals surface area (Å²) < 4.78 is 10.5. The van der Waals surface area contributed by atoms with Crippen LogP contribution in [0.3, 0.4) is 0 Å². The number of carbonyl (C=O) groups is 1. The second kappa shape index (κ2) is 5.72. The van der Waals surface area contributed by atoms with Gasteiger partial charge in [-0.15, -0.1) is 0 Å². The van der Waals surface area contributed by atoms with Crippen LogP contribution in [-0.2, 0) is 9.47 Å². The lowest BCUT2D eigenvalue weighted by atomic mass is 10.2. The Morgan fingerprint density at radius 2 is 2.20 bits per heavy atom. The van der Waals surface area contributed by atoms with Crippen molar-refractivity contribution in [3.05, 3.63) is 28.2 Å². The number of hydrogen-bond acceptors (Lipinski definition) is 4. The van der Waals surface area contributed by atoms with E-state index in [1.807, 2.05) is 0 Å². The normalized spacial score (nSPS) is 10.0. The van der Waals surface area contributed by atoms with Gasteiger partial charge in [-0.2, -0.15) is 0 Å². The Labute approximate surface area is 96.5 Å². The number of benzene rings is 1. The second-order valence-electron chi connectivity index (χ2n) is 2.86. The molecule has 1 aromatic carbocycles. The summed E-state index contributed by atoms with van der Waals surface area (Å²) in [5, 5.41) is 0. The average Bonchev–Trinajstić information content (AvgIpc) is 2.17. The highest BCUT2D eigenvalue weighted by Crippen LogP contribution is 2.19. The summed E-state index contributed by atoms with van der Waals surface area (Å²) in [6.07, 6.45) is 0. The Kier molecular flexibility index (Phi) is 4.58. The van der Waals surface area contributed by atoms with Gasteiger partial charge in [0.15, 0.2) is 0 Å². The van der Waals surface area contributed by atoms with Gasteiger partial charge in [0, 0.05) is 17.3 Å². The molecule has 0 amide bonds. The Balaban J connectivity index is 2.65. The van der Waals surface area contributed by atoms with Gasteiger partial charge in [-0.25, -0.2) is 4.79 Å². The van der Waals surface area contributed by atoms with Crippen LogP contribution in [0.5, 0.6) is 0 Å². The van der Waals surface area contributed by atoms with Crippen LogP contribution in [-0.4, -0.2) is 26.3 Å². The molecule has 1 rings (SSSR count). The van der Waals surface area contributed by atoms with E-state index in [0.29, 0.717) is 17.9 Å². The van der Waals surface area contributed by atoms with E-state index in [2.05, 4.69) is 15.9 Å². The molecule has 5 heteroatoms. The molecule has 0 aromatic heterocycles. The quantitative estimate of drug-likeness (QED) is 0.517. The van der Waals surface area contributed by atoms with E-state index in [1.54, 1.807) is 25.3 Å². The van der Waals surface area contributed by atoms with Crippen molar-refractivity contribution in [2.24, 2.45) is 0 Å². The van der Waals surface area contributed by atoms with Crippen molar-refractivity contribution in [1.29, 1.82) is 0 Å². The van der Waals surface area contributed by atoms with Crippen LogP contribution < -0.4 is 5.73 Å². The molecule has 82 valence electrons. The summed E-state index contributed by atoms with van der Waals surface area (Å²) in [7, 11) is 1.54. The van der Waals surface area contributed by atoms with Crippen molar-refractivity contribution in [2.75, 3.05) is 26.1 Å². The smallest absolute Gasteiger partial charge is 0.340 e. The summed E-state index contributed by atoms with van der Waals surface area (Å²) in [4.78, 5) is 11.5. The molecule has 0 fully saturated rings. The topological polar surface area (TPSA) is 61.5 Å². The Morgan fingerprint density at radius 3 is 2.80 bits per heavy atom. The fourth-order valence-electron chi connectivity index (χ4n) is 1.01. The van der Waals surface area contributed by atoms with Crippen LogP contribution in [0.25, 0.3) is 0 Å². The Morgan fingerprint density at radius 1 is 1.47 bits per heavy atom. The Hall–Kier alpha value is -1.07. The molecule has 0 aliphatic carbocycles. The monoisotopic (exact) mass is 273 g/mol. The van der Waals surface area contributed by atoms with Crippen molar-refractivity contribution >= 4 is 27.6 Å². The van der Waals surface area contributed by atoms with E-state index < -0.39 is 5.97 Å². The minimum Gasteiger partial charge on any atom is -0.460 e. The van der Waals surface area contributed by atoms with Crippen LogP contribution in [0.15, 0.2) is 22.7 Å². The fourth-order valence-corrected chi connectivity index (χ4v) is 1.39. The van der Waals surface area contributed by atoms with Crippen molar-refractivity contribution in [3.63, 3.8) is 0 Å². The number of rotatable bonds is 4. The van der Waals surface area contributed by atoms with Crippen LogP contribution in [0.4, 0.5) is 5.69 Å². The summed E-state index contributed by atoms with van der Waals surface area (Å²) in [5.74, 6) is -0.433. The van der Waals surface area contributed by atoms with Crippen LogP contribution in [0.1, 0.15) is 10.4 Å². The number of anilines is 1. The minimum atomic E-state index is -0.433. The molecule has 0 saturated carbocycles. The molecule has 15 heavy (non-hydrogen) atoms. The zero-order valence-electron chi connectivity index (χ0n) is 8.33. The molecular formula is C10H12BrNO3. The molecule has 1 aromatic rings. The first-order chi connectivity index (χ1) is 7.15. The number of nitrogens with two attached hydrogens (primary N) is 1. The third-order valence-corrected chi connectivity index (χ3v) is 2.25. The van der Waals surface area contributed by atoms with E-state index in [9.17, 15) is 4.79 Å². The van der Waals surface area contributed by atoms with Crippen LogP contribution in [0.2, 0.25) is 0 Å². The lowest BCUT2D eigenvalue weighted by Crippen LogP contribution is -2.11.